The van der Waals surface area contributed by atoms with Crippen LogP contribution in [0, 0.1) is 17.3 Å². The number of piperidine rings is 1. The molecule has 2 bridgehead atoms. The molecule has 13 heteroatoms. The summed E-state index contributed by atoms with van der Waals surface area (Å²) in [4.78, 5) is 58.1. The summed E-state index contributed by atoms with van der Waals surface area (Å²) in [7, 11) is -3.26. The largest absolute Gasteiger partial charge is 0.365 e. The highest BCUT2D eigenvalue weighted by Gasteiger charge is 2.36. The van der Waals surface area contributed by atoms with Gasteiger partial charge in [0.15, 0.2) is 15.9 Å². The van der Waals surface area contributed by atoms with Crippen molar-refractivity contribution >= 4 is 33.5 Å². The number of ether oxygens (including phenoxy) is 1. The fraction of sp³-hybridized carbons (Fsp3) is 0.688. The summed E-state index contributed by atoms with van der Waals surface area (Å²) < 4.78 is 29.5. The number of hydrogen-bond acceptors (Lipinski definition) is 8. The Morgan fingerprint density at radius 3 is 2.47 bits per heavy atom. The zero-order valence-electron chi connectivity index (χ0n) is 27.0. The van der Waals surface area contributed by atoms with Crippen LogP contribution in [0.3, 0.4) is 0 Å². The highest BCUT2D eigenvalue weighted by atomic mass is 32.2. The van der Waals surface area contributed by atoms with Crippen LogP contribution in [0.4, 0.5) is 0 Å². The number of nitrogens with zero attached hydrogens (tertiary/aromatic N) is 3. The monoisotopic (exact) mass is 647 g/mol. The average molecular weight is 648 g/mol. The number of sulfone groups is 1. The van der Waals surface area contributed by atoms with E-state index in [1.165, 1.54) is 11.2 Å². The maximum absolute atomic E-state index is 13.5. The molecule has 0 saturated carbocycles. The van der Waals surface area contributed by atoms with E-state index >= 15 is 0 Å². The summed E-state index contributed by atoms with van der Waals surface area (Å²) in [6.45, 7) is 9.57. The van der Waals surface area contributed by atoms with Gasteiger partial charge in [0.1, 0.15) is 0 Å². The van der Waals surface area contributed by atoms with E-state index < -0.39 is 15.9 Å². The summed E-state index contributed by atoms with van der Waals surface area (Å²) >= 11 is 0. The van der Waals surface area contributed by atoms with Crippen molar-refractivity contribution in [1.29, 1.82) is 0 Å². The first-order valence-corrected chi connectivity index (χ1v) is 17.8. The summed E-state index contributed by atoms with van der Waals surface area (Å²) in [6.07, 6.45) is 2.57. The maximum atomic E-state index is 13.5. The van der Waals surface area contributed by atoms with Crippen LogP contribution in [0.2, 0.25) is 0 Å². The molecule has 2 N–H and O–H groups in total. The number of hydrogen-bond donors (Lipinski definition) is 2. The maximum Gasteiger partial charge on any atom is 0.254 e. The minimum Gasteiger partial charge on any atom is -0.365 e. The molecule has 250 valence electrons. The molecule has 4 amide bonds. The zero-order valence-corrected chi connectivity index (χ0v) is 27.9. The molecule has 0 aliphatic carbocycles. The Morgan fingerprint density at radius 2 is 1.78 bits per heavy atom. The molecule has 0 radical (unpaired) electrons. The van der Waals surface area contributed by atoms with Crippen LogP contribution in [0.15, 0.2) is 29.2 Å². The van der Waals surface area contributed by atoms with Crippen molar-refractivity contribution in [1.82, 2.24) is 25.3 Å². The van der Waals surface area contributed by atoms with Gasteiger partial charge < -0.3 is 25.2 Å². The molecule has 3 aliphatic rings. The number of morpholine rings is 1. The number of nitrogens with one attached hydrogen (secondary N) is 2. The number of carbonyl (C=O) groups excluding carboxylic acids is 4. The van der Waals surface area contributed by atoms with Gasteiger partial charge in [-0.15, -0.1) is 0 Å². The van der Waals surface area contributed by atoms with Crippen LogP contribution in [0.5, 0.6) is 0 Å². The van der Waals surface area contributed by atoms with Crippen LogP contribution < -0.4 is 10.6 Å². The molecule has 4 rings (SSSR count). The van der Waals surface area contributed by atoms with Gasteiger partial charge in [-0.3, -0.25) is 24.1 Å². The Balaban J connectivity index is 1.42. The molecular weight excluding hydrogens is 598 g/mol. The second kappa shape index (κ2) is 15.0. The van der Waals surface area contributed by atoms with Gasteiger partial charge in [-0.2, -0.15) is 0 Å². The van der Waals surface area contributed by atoms with Gasteiger partial charge >= 0.3 is 0 Å². The number of fused-ring (bicyclic) bond motifs is 3. The van der Waals surface area contributed by atoms with E-state index in [0.717, 1.165) is 25.1 Å². The normalized spacial score (nSPS) is 24.4. The number of amides is 4. The molecule has 45 heavy (non-hydrogen) atoms. The van der Waals surface area contributed by atoms with E-state index in [9.17, 15) is 27.6 Å². The molecule has 1 aromatic rings. The first kappa shape index (κ1) is 34.8. The fourth-order valence-corrected chi connectivity index (χ4v) is 6.98. The van der Waals surface area contributed by atoms with Gasteiger partial charge in [0.2, 0.25) is 17.7 Å². The van der Waals surface area contributed by atoms with Crippen molar-refractivity contribution in [2.45, 2.75) is 64.0 Å². The lowest BCUT2D eigenvalue weighted by molar-refractivity contribution is -0.156. The van der Waals surface area contributed by atoms with Gasteiger partial charge in [-0.05, 0) is 54.3 Å². The molecule has 1 aromatic carbocycles. The SMILES string of the molecule is CC(C)(C)CC(=O)NCCN1CC(=O)NCC[C@H]2CN(Cc3ccc(S(C)(=O)=O)cc3)CC[C@H]2CC(=O)N2CCO[C@@H](C2)C1=O. The topological polar surface area (TPSA) is 145 Å². The molecule has 3 fully saturated rings. The molecule has 3 aliphatic heterocycles. The van der Waals surface area contributed by atoms with Gasteiger partial charge in [-0.25, -0.2) is 8.42 Å². The third kappa shape index (κ3) is 10.5. The summed E-state index contributed by atoms with van der Waals surface area (Å²) in [5.74, 6) is -0.423. The minimum absolute atomic E-state index is 0.0120. The predicted molar refractivity (Wildman–Crippen MR) is 169 cm³/mol. The highest BCUT2D eigenvalue weighted by Crippen LogP contribution is 2.31. The van der Waals surface area contributed by atoms with Crippen molar-refractivity contribution in [2.24, 2.45) is 17.3 Å². The number of carbonyl (C=O) groups is 4. The van der Waals surface area contributed by atoms with Gasteiger partial charge in [0, 0.05) is 58.4 Å². The number of rotatable bonds is 7. The van der Waals surface area contributed by atoms with Crippen molar-refractivity contribution in [3.63, 3.8) is 0 Å². The molecule has 0 unspecified atom stereocenters. The quantitative estimate of drug-likeness (QED) is 0.447. The smallest absolute Gasteiger partial charge is 0.254 e. The van der Waals surface area contributed by atoms with Crippen molar-refractivity contribution in [3.05, 3.63) is 29.8 Å². The Labute approximate surface area is 267 Å². The van der Waals surface area contributed by atoms with Crippen molar-refractivity contribution in [3.8, 4) is 0 Å². The van der Waals surface area contributed by atoms with Gasteiger partial charge in [0.05, 0.1) is 24.6 Å². The number of benzene rings is 1. The van der Waals surface area contributed by atoms with Gasteiger partial charge in [-0.1, -0.05) is 32.9 Å². The first-order chi connectivity index (χ1) is 21.2. The Bertz CT molecular complexity index is 1330. The molecule has 12 nitrogen and oxygen atoms in total. The Kier molecular flexibility index (Phi) is 11.6. The lowest BCUT2D eigenvalue weighted by atomic mass is 9.80. The van der Waals surface area contributed by atoms with Crippen LogP contribution in [-0.4, -0.2) is 118 Å². The standard InChI is InChI=1S/C32H49N5O7S/c1-32(2,3)18-28(38)34-12-14-37-22-29(39)33-11-9-25-20-35(19-23-5-7-26(8-6-23)45(4,42)43)13-10-24(25)17-30(40)36-15-16-44-27(21-36)31(37)41/h5-8,24-25,27H,9-22H2,1-4H3,(H,33,39)(H,34,38)/t24-,25-,27-/m0/s1. The van der Waals surface area contributed by atoms with Gasteiger partial charge in [0.25, 0.3) is 5.91 Å². The van der Waals surface area contributed by atoms with Crippen LogP contribution in [0.1, 0.15) is 52.0 Å². The second-order valence-corrected chi connectivity index (χ2v) is 15.9. The summed E-state index contributed by atoms with van der Waals surface area (Å²) in [5.41, 5.74) is 0.848. The molecule has 3 heterocycles. The molecule has 3 saturated heterocycles. The summed E-state index contributed by atoms with van der Waals surface area (Å²) in [5, 5.41) is 5.82. The highest BCUT2D eigenvalue weighted by molar-refractivity contribution is 7.90. The first-order valence-electron chi connectivity index (χ1n) is 15.9. The number of likely N-dealkylation sites (tertiary alicyclic amines) is 1. The van der Waals surface area contributed by atoms with Crippen molar-refractivity contribution in [2.75, 3.05) is 65.2 Å². The molecule has 0 spiro atoms. The zero-order chi connectivity index (χ0) is 32.8. The van der Waals surface area contributed by atoms with E-state index in [4.69, 9.17) is 4.74 Å². The van der Waals surface area contributed by atoms with Crippen molar-refractivity contribution < 1.29 is 32.3 Å². The van der Waals surface area contributed by atoms with Crippen LogP contribution >= 0.6 is 0 Å². The average Bonchev–Trinajstić information content (AvgIpc) is 2.96. The molecule has 3 atom stereocenters. The van der Waals surface area contributed by atoms with E-state index in [-0.39, 0.29) is 73.7 Å². The van der Waals surface area contributed by atoms with Crippen LogP contribution in [0.25, 0.3) is 0 Å². The lowest BCUT2D eigenvalue weighted by Gasteiger charge is -2.40. The van der Waals surface area contributed by atoms with Crippen LogP contribution in [-0.2, 0) is 40.3 Å². The van der Waals surface area contributed by atoms with E-state index in [0.29, 0.717) is 43.8 Å². The molecule has 0 aromatic heterocycles. The Hall–Kier alpha value is -3.03. The summed E-state index contributed by atoms with van der Waals surface area (Å²) in [6, 6.07) is 6.96. The Morgan fingerprint density at radius 1 is 1.04 bits per heavy atom. The fourth-order valence-electron chi connectivity index (χ4n) is 6.35. The van der Waals surface area contributed by atoms with E-state index in [1.807, 2.05) is 32.9 Å². The van der Waals surface area contributed by atoms with E-state index in [1.54, 1.807) is 17.0 Å². The lowest BCUT2D eigenvalue weighted by Crippen LogP contribution is -2.55. The minimum atomic E-state index is -3.26. The predicted octanol–water partition coefficient (Wildman–Crippen LogP) is 1.05. The van der Waals surface area contributed by atoms with E-state index in [2.05, 4.69) is 15.5 Å². The third-order valence-electron chi connectivity index (χ3n) is 8.74. The third-order valence-corrected chi connectivity index (χ3v) is 9.87. The molecular formula is C32H49N5O7S. The second-order valence-electron chi connectivity index (χ2n) is 13.8.